The fraction of sp³-hybridized carbons (Fsp3) is 0.476. The number of anilines is 1. The number of amides is 1. The minimum atomic E-state index is 0. The van der Waals surface area contributed by atoms with Crippen LogP contribution >= 0.6 is 36.2 Å². The maximum absolute atomic E-state index is 13.0. The molecule has 0 spiro atoms. The summed E-state index contributed by atoms with van der Waals surface area (Å²) in [5.41, 5.74) is 2.60. The van der Waals surface area contributed by atoms with E-state index in [9.17, 15) is 4.79 Å². The number of carbonyl (C=O) groups is 1. The van der Waals surface area contributed by atoms with Gasteiger partial charge in [-0.3, -0.25) is 4.79 Å². The van der Waals surface area contributed by atoms with Gasteiger partial charge in [-0.15, -0.1) is 36.2 Å². The SMILES string of the molecule is Cc1ccccc1N1CCCN(C(=O)c2ccc(C3CCCN3)s2)CC1.Cl.Cl. The van der Waals surface area contributed by atoms with E-state index in [1.807, 2.05) is 11.0 Å². The normalized spacial score (nSPS) is 19.5. The summed E-state index contributed by atoms with van der Waals surface area (Å²) < 4.78 is 0. The van der Waals surface area contributed by atoms with Gasteiger partial charge >= 0.3 is 0 Å². The van der Waals surface area contributed by atoms with Crippen molar-refractivity contribution in [3.8, 4) is 0 Å². The number of nitrogens with one attached hydrogen (secondary N) is 1. The third kappa shape index (κ3) is 5.01. The van der Waals surface area contributed by atoms with Crippen LogP contribution in [0.4, 0.5) is 5.69 Å². The van der Waals surface area contributed by atoms with Crippen LogP contribution in [0.15, 0.2) is 36.4 Å². The summed E-state index contributed by atoms with van der Waals surface area (Å²) in [7, 11) is 0. The van der Waals surface area contributed by atoms with Crippen molar-refractivity contribution in [3.63, 3.8) is 0 Å². The highest BCUT2D eigenvalue weighted by Crippen LogP contribution is 2.30. The van der Waals surface area contributed by atoms with Crippen LogP contribution < -0.4 is 10.2 Å². The van der Waals surface area contributed by atoms with Crippen LogP contribution in [0.1, 0.15) is 45.4 Å². The zero-order valence-corrected chi connectivity index (χ0v) is 18.7. The fourth-order valence-electron chi connectivity index (χ4n) is 4.02. The van der Waals surface area contributed by atoms with Gasteiger partial charge in [0.1, 0.15) is 0 Å². The molecule has 3 heterocycles. The largest absolute Gasteiger partial charge is 0.369 e. The number of carbonyl (C=O) groups excluding carboxylic acids is 1. The summed E-state index contributed by atoms with van der Waals surface area (Å²) in [5.74, 6) is 0.200. The van der Waals surface area contributed by atoms with Crippen molar-refractivity contribution >= 4 is 47.7 Å². The minimum Gasteiger partial charge on any atom is -0.369 e. The van der Waals surface area contributed by atoms with Crippen molar-refractivity contribution in [2.45, 2.75) is 32.2 Å². The molecule has 2 fully saturated rings. The average Bonchev–Trinajstić information content (AvgIpc) is 3.29. The van der Waals surface area contributed by atoms with Crippen molar-refractivity contribution in [2.24, 2.45) is 0 Å². The van der Waals surface area contributed by atoms with Gasteiger partial charge in [0.15, 0.2) is 0 Å². The number of rotatable bonds is 3. The van der Waals surface area contributed by atoms with Crippen LogP contribution in [0.2, 0.25) is 0 Å². The lowest BCUT2D eigenvalue weighted by Crippen LogP contribution is -2.35. The van der Waals surface area contributed by atoms with Crippen molar-refractivity contribution in [1.82, 2.24) is 10.2 Å². The van der Waals surface area contributed by atoms with E-state index in [2.05, 4.69) is 47.5 Å². The molecular formula is C21H29Cl2N3OS. The van der Waals surface area contributed by atoms with Crippen molar-refractivity contribution in [2.75, 3.05) is 37.6 Å². The van der Waals surface area contributed by atoms with Gasteiger partial charge in [0.05, 0.1) is 4.88 Å². The van der Waals surface area contributed by atoms with Gasteiger partial charge in [0.25, 0.3) is 5.91 Å². The molecule has 2 aliphatic heterocycles. The summed E-state index contributed by atoms with van der Waals surface area (Å²) in [6.07, 6.45) is 3.43. The molecule has 0 radical (unpaired) electrons. The van der Waals surface area contributed by atoms with E-state index in [0.29, 0.717) is 6.04 Å². The Morgan fingerprint density at radius 1 is 1.04 bits per heavy atom. The van der Waals surface area contributed by atoms with E-state index >= 15 is 0 Å². The van der Waals surface area contributed by atoms with E-state index in [1.54, 1.807) is 11.3 Å². The third-order valence-corrected chi connectivity index (χ3v) is 6.67. The first-order valence-corrected chi connectivity index (χ1v) is 10.5. The number of halogens is 2. The molecular weight excluding hydrogens is 413 g/mol. The number of nitrogens with zero attached hydrogens (tertiary/aromatic N) is 2. The second kappa shape index (κ2) is 10.5. The van der Waals surface area contributed by atoms with Crippen LogP contribution in [-0.2, 0) is 0 Å². The molecule has 0 saturated carbocycles. The van der Waals surface area contributed by atoms with Crippen LogP contribution in [-0.4, -0.2) is 43.5 Å². The highest BCUT2D eigenvalue weighted by Gasteiger charge is 2.24. The molecule has 0 bridgehead atoms. The summed E-state index contributed by atoms with van der Waals surface area (Å²) in [6, 6.07) is 13.1. The van der Waals surface area contributed by atoms with Crippen molar-refractivity contribution < 1.29 is 4.79 Å². The van der Waals surface area contributed by atoms with Crippen LogP contribution in [0.5, 0.6) is 0 Å². The molecule has 2 aromatic rings. The van der Waals surface area contributed by atoms with Crippen LogP contribution in [0.3, 0.4) is 0 Å². The van der Waals surface area contributed by atoms with Gasteiger partial charge in [0, 0.05) is 42.8 Å². The minimum absolute atomic E-state index is 0. The zero-order valence-electron chi connectivity index (χ0n) is 16.2. The lowest BCUT2D eigenvalue weighted by atomic mass is 10.2. The molecule has 154 valence electrons. The van der Waals surface area contributed by atoms with Gasteiger partial charge < -0.3 is 15.1 Å². The maximum atomic E-state index is 13.0. The van der Waals surface area contributed by atoms with Gasteiger partial charge in [-0.2, -0.15) is 0 Å². The van der Waals surface area contributed by atoms with Crippen molar-refractivity contribution in [3.05, 3.63) is 51.7 Å². The first-order chi connectivity index (χ1) is 12.7. The van der Waals surface area contributed by atoms with Gasteiger partial charge in [0.2, 0.25) is 0 Å². The van der Waals surface area contributed by atoms with Crippen molar-refractivity contribution in [1.29, 1.82) is 0 Å². The standard InChI is InChI=1S/C21H27N3OS.2ClH/c1-16-6-2-3-8-18(16)23-12-5-13-24(15-14-23)21(25)20-10-9-19(26-20)17-7-4-11-22-17;;/h2-3,6,8-10,17,22H,4-5,7,11-15H2,1H3;2*1H. The zero-order chi connectivity index (χ0) is 17.9. The van der Waals surface area contributed by atoms with E-state index in [-0.39, 0.29) is 30.7 Å². The molecule has 0 aliphatic carbocycles. The Bertz CT molecular complexity index is 777. The summed E-state index contributed by atoms with van der Waals surface area (Å²) in [4.78, 5) is 19.6. The summed E-state index contributed by atoms with van der Waals surface area (Å²) in [5, 5.41) is 3.52. The Hall–Kier alpha value is -1.27. The second-order valence-electron chi connectivity index (χ2n) is 7.27. The Balaban J connectivity index is 0.00000140. The van der Waals surface area contributed by atoms with Gasteiger partial charge in [-0.25, -0.2) is 0 Å². The lowest BCUT2D eigenvalue weighted by Gasteiger charge is -2.25. The van der Waals surface area contributed by atoms with Gasteiger partial charge in [-0.1, -0.05) is 18.2 Å². The molecule has 7 heteroatoms. The number of hydrogen-bond donors (Lipinski definition) is 1. The Kier molecular flexibility index (Phi) is 8.62. The predicted octanol–water partition coefficient (Wildman–Crippen LogP) is 4.68. The van der Waals surface area contributed by atoms with Crippen LogP contribution in [0, 0.1) is 6.92 Å². The fourth-order valence-corrected chi connectivity index (χ4v) is 5.10. The van der Waals surface area contributed by atoms with E-state index in [1.165, 1.54) is 29.0 Å². The van der Waals surface area contributed by atoms with Gasteiger partial charge in [-0.05, 0) is 56.5 Å². The number of aryl methyl sites for hydroxylation is 1. The Morgan fingerprint density at radius 2 is 1.86 bits per heavy atom. The number of thiophene rings is 1. The molecule has 2 saturated heterocycles. The molecule has 2 aliphatic rings. The van der Waals surface area contributed by atoms with E-state index < -0.39 is 0 Å². The number of para-hydroxylation sites is 1. The molecule has 1 aromatic carbocycles. The smallest absolute Gasteiger partial charge is 0.263 e. The molecule has 1 unspecified atom stereocenters. The monoisotopic (exact) mass is 441 g/mol. The van der Waals surface area contributed by atoms with E-state index in [4.69, 9.17) is 0 Å². The van der Waals surface area contributed by atoms with Crippen LogP contribution in [0.25, 0.3) is 0 Å². The summed E-state index contributed by atoms with van der Waals surface area (Å²) in [6.45, 7) is 6.80. The molecule has 1 amide bonds. The molecule has 28 heavy (non-hydrogen) atoms. The second-order valence-corrected chi connectivity index (χ2v) is 8.39. The predicted molar refractivity (Wildman–Crippen MR) is 123 cm³/mol. The third-order valence-electron chi connectivity index (χ3n) is 5.48. The Labute approximate surface area is 184 Å². The highest BCUT2D eigenvalue weighted by molar-refractivity contribution is 7.14. The number of benzene rings is 1. The first-order valence-electron chi connectivity index (χ1n) is 9.65. The highest BCUT2D eigenvalue weighted by atomic mass is 35.5. The Morgan fingerprint density at radius 3 is 2.61 bits per heavy atom. The molecule has 1 atom stereocenters. The number of hydrogen-bond acceptors (Lipinski definition) is 4. The molecule has 4 nitrogen and oxygen atoms in total. The molecule has 1 aromatic heterocycles. The lowest BCUT2D eigenvalue weighted by molar-refractivity contribution is 0.0772. The van der Waals surface area contributed by atoms with E-state index in [0.717, 1.165) is 44.0 Å². The molecule has 4 rings (SSSR count). The maximum Gasteiger partial charge on any atom is 0.263 e. The summed E-state index contributed by atoms with van der Waals surface area (Å²) >= 11 is 1.67. The average molecular weight is 442 g/mol. The quantitative estimate of drug-likeness (QED) is 0.750. The molecule has 1 N–H and O–H groups in total. The first kappa shape index (κ1) is 23.0. The topological polar surface area (TPSA) is 35.6 Å².